The van der Waals surface area contributed by atoms with Crippen molar-refractivity contribution in [2.45, 2.75) is 4.90 Å². The molecule has 0 saturated carbocycles. The Hall–Kier alpha value is -1.29. The Morgan fingerprint density at radius 2 is 1.60 bits per heavy atom. The van der Waals surface area contributed by atoms with Crippen LogP contribution >= 0.6 is 66.2 Å². The van der Waals surface area contributed by atoms with Crippen LogP contribution in [0.5, 0.6) is 5.75 Å². The van der Waals surface area contributed by atoms with Gasteiger partial charge in [0.2, 0.25) is 0 Å². The highest BCUT2D eigenvalue weighted by Crippen LogP contribution is 2.35. The molecule has 0 spiro atoms. The molecular formula is C23H17Br2IO3S. The summed E-state index contributed by atoms with van der Waals surface area (Å²) >= 11 is 11.2. The largest absolute Gasteiger partial charge is 0.481 e. The summed E-state index contributed by atoms with van der Waals surface area (Å²) in [5, 5.41) is 8.77. The second-order valence-corrected chi connectivity index (χ2v) is 10.1. The molecule has 0 atom stereocenters. The molecule has 0 aliphatic carbocycles. The van der Waals surface area contributed by atoms with E-state index in [9.17, 15) is 4.79 Å². The third kappa shape index (κ3) is 6.35. The molecule has 0 radical (unpaired) electrons. The van der Waals surface area contributed by atoms with E-state index in [4.69, 9.17) is 9.84 Å². The van der Waals surface area contributed by atoms with E-state index >= 15 is 0 Å². The fourth-order valence-electron chi connectivity index (χ4n) is 2.77. The number of benzene rings is 3. The van der Waals surface area contributed by atoms with Gasteiger partial charge in [-0.15, -0.1) is 11.8 Å². The first kappa shape index (κ1) is 23.4. The number of hydrogen-bond donors (Lipinski definition) is 1. The molecule has 1 N–H and O–H groups in total. The molecule has 3 aromatic rings. The Morgan fingerprint density at radius 1 is 1.00 bits per heavy atom. The topological polar surface area (TPSA) is 46.5 Å². The lowest BCUT2D eigenvalue weighted by Gasteiger charge is -2.13. The molecule has 7 heteroatoms. The summed E-state index contributed by atoms with van der Waals surface area (Å²) in [6.45, 7) is -0.341. The molecule has 3 nitrogen and oxygen atoms in total. The first-order valence-corrected chi connectivity index (χ1v) is 12.6. The van der Waals surface area contributed by atoms with Gasteiger partial charge < -0.3 is 9.84 Å². The van der Waals surface area contributed by atoms with Gasteiger partial charge in [-0.25, -0.2) is 4.79 Å². The molecule has 0 fully saturated rings. The maximum Gasteiger partial charge on any atom is 0.341 e. The van der Waals surface area contributed by atoms with Gasteiger partial charge in [-0.3, -0.25) is 0 Å². The highest BCUT2D eigenvalue weighted by Gasteiger charge is 2.11. The zero-order valence-electron chi connectivity index (χ0n) is 15.6. The summed E-state index contributed by atoms with van der Waals surface area (Å²) in [5.41, 5.74) is 3.42. The zero-order valence-corrected chi connectivity index (χ0v) is 21.8. The number of carboxylic acid groups (broad SMARTS) is 1. The Labute approximate surface area is 210 Å². The average Bonchev–Trinajstić information content (AvgIpc) is 2.72. The van der Waals surface area contributed by atoms with Crippen LogP contribution in [-0.4, -0.2) is 23.4 Å². The van der Waals surface area contributed by atoms with Crippen molar-refractivity contribution in [3.05, 3.63) is 96.4 Å². The highest BCUT2D eigenvalue weighted by atomic mass is 127. The Balaban J connectivity index is 1.82. The predicted molar refractivity (Wildman–Crippen MR) is 138 cm³/mol. The van der Waals surface area contributed by atoms with E-state index in [2.05, 4.69) is 72.7 Å². The standard InChI is InChI=1S/C23H17Br2IO3S/c24-19-7-3-1-5-17(19)16(18-6-2-4-8-20(18)25)11-12-30-15-9-10-22(21(26)13-15)29-14-23(27)28/h1-11,13H,12,14H2,(H,27,28). The Morgan fingerprint density at radius 3 is 2.13 bits per heavy atom. The van der Waals surface area contributed by atoms with Gasteiger partial charge in [0.1, 0.15) is 5.75 Å². The quantitative estimate of drug-likeness (QED) is 0.201. The fraction of sp³-hybridized carbons (Fsp3) is 0.0870. The summed E-state index contributed by atoms with van der Waals surface area (Å²) in [6, 6.07) is 22.2. The molecule has 30 heavy (non-hydrogen) atoms. The molecule has 0 saturated heterocycles. The summed E-state index contributed by atoms with van der Waals surface area (Å²) in [7, 11) is 0. The molecule has 0 unspecified atom stereocenters. The van der Waals surface area contributed by atoms with E-state index in [0.29, 0.717) is 5.75 Å². The number of carbonyl (C=O) groups is 1. The average molecular weight is 660 g/mol. The van der Waals surface area contributed by atoms with Crippen LogP contribution in [0.15, 0.2) is 86.6 Å². The van der Waals surface area contributed by atoms with Crippen LogP contribution in [0, 0.1) is 3.57 Å². The van der Waals surface area contributed by atoms with E-state index in [1.54, 1.807) is 11.8 Å². The number of hydrogen-bond acceptors (Lipinski definition) is 3. The fourth-order valence-corrected chi connectivity index (χ4v) is 5.46. The number of rotatable bonds is 8. The minimum Gasteiger partial charge on any atom is -0.481 e. The maximum absolute atomic E-state index is 10.7. The van der Waals surface area contributed by atoms with Crippen LogP contribution in [0.25, 0.3) is 5.57 Å². The summed E-state index contributed by atoms with van der Waals surface area (Å²) < 4.78 is 8.28. The van der Waals surface area contributed by atoms with Crippen LogP contribution in [-0.2, 0) is 4.79 Å². The second kappa shape index (κ2) is 11.4. The minimum absolute atomic E-state index is 0.341. The normalized spacial score (nSPS) is 10.5. The monoisotopic (exact) mass is 658 g/mol. The molecule has 0 amide bonds. The van der Waals surface area contributed by atoms with Gasteiger partial charge in [-0.1, -0.05) is 74.3 Å². The molecule has 0 aromatic heterocycles. The van der Waals surface area contributed by atoms with Crippen LogP contribution in [0.3, 0.4) is 0 Å². The van der Waals surface area contributed by atoms with Crippen LogP contribution in [0.1, 0.15) is 11.1 Å². The smallest absolute Gasteiger partial charge is 0.341 e. The molecular weight excluding hydrogens is 643 g/mol. The molecule has 3 aromatic carbocycles. The van der Waals surface area contributed by atoms with Crippen molar-refractivity contribution in [3.8, 4) is 5.75 Å². The van der Waals surface area contributed by atoms with E-state index < -0.39 is 5.97 Å². The third-order valence-corrected chi connectivity index (χ3v) is 7.27. The third-order valence-electron chi connectivity index (χ3n) is 4.12. The van der Waals surface area contributed by atoms with Crippen molar-refractivity contribution in [2.24, 2.45) is 0 Å². The highest BCUT2D eigenvalue weighted by molar-refractivity contribution is 14.1. The Kier molecular flexibility index (Phi) is 8.85. The Bertz CT molecular complexity index is 1040. The first-order valence-electron chi connectivity index (χ1n) is 8.92. The zero-order chi connectivity index (χ0) is 21.5. The molecule has 154 valence electrons. The van der Waals surface area contributed by atoms with Crippen LogP contribution in [0.4, 0.5) is 0 Å². The lowest BCUT2D eigenvalue weighted by Crippen LogP contribution is -2.10. The van der Waals surface area contributed by atoms with Gasteiger partial charge in [0, 0.05) is 19.6 Å². The lowest BCUT2D eigenvalue weighted by molar-refractivity contribution is -0.139. The second-order valence-electron chi connectivity index (χ2n) is 6.16. The van der Waals surface area contributed by atoms with Gasteiger partial charge in [-0.05, 0) is 69.6 Å². The van der Waals surface area contributed by atoms with Crippen molar-refractivity contribution < 1.29 is 14.6 Å². The number of ether oxygens (including phenoxy) is 1. The number of thioether (sulfide) groups is 1. The molecule has 0 heterocycles. The van der Waals surface area contributed by atoms with Crippen molar-refractivity contribution in [2.75, 3.05) is 12.4 Å². The minimum atomic E-state index is -0.985. The summed E-state index contributed by atoms with van der Waals surface area (Å²) in [5.74, 6) is 0.379. The molecule has 3 rings (SSSR count). The number of carboxylic acids is 1. The SMILES string of the molecule is O=C(O)COc1ccc(SCC=C(c2ccccc2Br)c2ccccc2Br)cc1I. The van der Waals surface area contributed by atoms with Crippen molar-refractivity contribution in [3.63, 3.8) is 0 Å². The molecule has 0 aliphatic heterocycles. The van der Waals surface area contributed by atoms with Crippen molar-refractivity contribution in [1.29, 1.82) is 0 Å². The van der Waals surface area contributed by atoms with Gasteiger partial charge in [0.25, 0.3) is 0 Å². The van der Waals surface area contributed by atoms with Gasteiger partial charge >= 0.3 is 5.97 Å². The van der Waals surface area contributed by atoms with Crippen LogP contribution < -0.4 is 4.74 Å². The van der Waals surface area contributed by atoms with Gasteiger partial charge in [0.15, 0.2) is 6.61 Å². The van der Waals surface area contributed by atoms with E-state index in [1.807, 2.05) is 54.6 Å². The van der Waals surface area contributed by atoms with Crippen molar-refractivity contribution >= 4 is 77.8 Å². The van der Waals surface area contributed by atoms with Crippen LogP contribution in [0.2, 0.25) is 0 Å². The van der Waals surface area contributed by atoms with Gasteiger partial charge in [-0.2, -0.15) is 0 Å². The maximum atomic E-state index is 10.7. The number of aliphatic carboxylic acids is 1. The molecule has 0 aliphatic rings. The number of halogens is 3. The summed E-state index contributed by atoms with van der Waals surface area (Å²) in [4.78, 5) is 11.8. The van der Waals surface area contributed by atoms with E-state index in [1.165, 1.54) is 0 Å². The molecule has 0 bridgehead atoms. The predicted octanol–water partition coefficient (Wildman–Crippen LogP) is 7.50. The summed E-state index contributed by atoms with van der Waals surface area (Å²) in [6.07, 6.45) is 2.23. The van der Waals surface area contributed by atoms with E-state index in [-0.39, 0.29) is 6.61 Å². The van der Waals surface area contributed by atoms with Gasteiger partial charge in [0.05, 0.1) is 3.57 Å². The van der Waals surface area contributed by atoms with Crippen molar-refractivity contribution in [1.82, 2.24) is 0 Å². The lowest BCUT2D eigenvalue weighted by atomic mass is 9.98. The van der Waals surface area contributed by atoms with E-state index in [0.717, 1.165) is 39.9 Å². The first-order chi connectivity index (χ1) is 14.5.